The predicted molar refractivity (Wildman–Crippen MR) is 116 cm³/mol. The van der Waals surface area contributed by atoms with E-state index in [-0.39, 0.29) is 0 Å². The van der Waals surface area contributed by atoms with E-state index in [9.17, 15) is 0 Å². The molecule has 2 aromatic carbocycles. The lowest BCUT2D eigenvalue weighted by Crippen LogP contribution is -1.99. The van der Waals surface area contributed by atoms with Gasteiger partial charge in [-0.05, 0) is 54.5 Å². The van der Waals surface area contributed by atoms with Crippen molar-refractivity contribution in [2.24, 2.45) is 5.10 Å². The van der Waals surface area contributed by atoms with Gasteiger partial charge in [0.15, 0.2) is 11.5 Å². The number of aromatic nitrogens is 5. The van der Waals surface area contributed by atoms with Crippen molar-refractivity contribution < 1.29 is 9.47 Å². The van der Waals surface area contributed by atoms with Gasteiger partial charge in [-0.15, -0.1) is 0 Å². The largest absolute Gasteiger partial charge is 0.493 e. The van der Waals surface area contributed by atoms with Crippen LogP contribution in [-0.4, -0.2) is 38.4 Å². The van der Waals surface area contributed by atoms with Gasteiger partial charge in [-0.25, -0.2) is 5.10 Å². The Morgan fingerprint density at radius 3 is 2.63 bits per heavy atom. The molecule has 0 aliphatic heterocycles. The molecule has 0 fully saturated rings. The van der Waals surface area contributed by atoms with Gasteiger partial charge in [0.25, 0.3) is 0 Å². The van der Waals surface area contributed by atoms with Gasteiger partial charge in [0.05, 0.1) is 13.3 Å². The lowest BCUT2D eigenvalue weighted by atomic mass is 10.2. The molecule has 8 nitrogen and oxygen atoms in total. The summed E-state index contributed by atoms with van der Waals surface area (Å²) in [4.78, 5) is 0. The zero-order valence-corrected chi connectivity index (χ0v) is 17.3. The standard InChI is InChI=1S/C21H20N6O2S/c1-14-10-17(24-23-14)20-25-26-21(30)27(20)22-12-16-8-9-18(28-2)19(11-16)29-13-15-6-4-3-5-7-15/h3-12H,13H2,1-2H3,(H,23,24)(H,26,30). The number of hydrogen-bond acceptors (Lipinski definition) is 6. The fourth-order valence-corrected chi connectivity index (χ4v) is 3.02. The molecule has 2 heterocycles. The highest BCUT2D eigenvalue weighted by atomic mass is 32.1. The Morgan fingerprint density at radius 1 is 1.07 bits per heavy atom. The van der Waals surface area contributed by atoms with Crippen LogP contribution in [0.4, 0.5) is 0 Å². The molecule has 2 aromatic heterocycles. The summed E-state index contributed by atoms with van der Waals surface area (Å²) in [6.07, 6.45) is 1.68. The number of methoxy groups -OCH3 is 1. The number of aryl methyl sites for hydroxylation is 1. The third-order valence-corrected chi connectivity index (χ3v) is 4.60. The van der Waals surface area contributed by atoms with Crippen molar-refractivity contribution in [2.75, 3.05) is 7.11 Å². The smallest absolute Gasteiger partial charge is 0.216 e. The quantitative estimate of drug-likeness (QED) is 0.347. The summed E-state index contributed by atoms with van der Waals surface area (Å²) in [5.41, 5.74) is 3.47. The summed E-state index contributed by atoms with van der Waals surface area (Å²) < 4.78 is 13.3. The first-order valence-corrected chi connectivity index (χ1v) is 9.64. The molecule has 9 heteroatoms. The van der Waals surface area contributed by atoms with Crippen molar-refractivity contribution in [3.63, 3.8) is 0 Å². The van der Waals surface area contributed by atoms with E-state index in [1.54, 1.807) is 13.3 Å². The number of benzene rings is 2. The Hall–Kier alpha value is -3.72. The minimum Gasteiger partial charge on any atom is -0.493 e. The monoisotopic (exact) mass is 420 g/mol. The Labute approximate surface area is 178 Å². The second kappa shape index (κ2) is 8.75. The van der Waals surface area contributed by atoms with Gasteiger partial charge in [0.1, 0.15) is 12.3 Å². The van der Waals surface area contributed by atoms with E-state index in [1.807, 2.05) is 61.5 Å². The Kier molecular flexibility index (Phi) is 5.71. The van der Waals surface area contributed by atoms with Crippen LogP contribution in [0.25, 0.3) is 11.5 Å². The van der Waals surface area contributed by atoms with E-state index in [4.69, 9.17) is 21.7 Å². The van der Waals surface area contributed by atoms with Gasteiger partial charge in [0, 0.05) is 5.69 Å². The summed E-state index contributed by atoms with van der Waals surface area (Å²) in [6, 6.07) is 17.4. The SMILES string of the molecule is COc1ccc(C=Nn2c(-c3cc(C)[nH]n3)n[nH]c2=S)cc1OCc1ccccc1. The summed E-state index contributed by atoms with van der Waals surface area (Å²) in [5, 5.41) is 18.6. The zero-order valence-electron chi connectivity index (χ0n) is 16.5. The minimum atomic E-state index is 0.371. The first kappa shape index (κ1) is 19.6. The van der Waals surface area contributed by atoms with E-state index >= 15 is 0 Å². The number of hydrogen-bond donors (Lipinski definition) is 2. The molecular formula is C21H20N6O2S. The number of ether oxygens (including phenoxy) is 2. The van der Waals surface area contributed by atoms with Gasteiger partial charge in [0.2, 0.25) is 10.6 Å². The Balaban J connectivity index is 1.59. The highest BCUT2D eigenvalue weighted by Crippen LogP contribution is 2.28. The lowest BCUT2D eigenvalue weighted by Gasteiger charge is -2.11. The third kappa shape index (κ3) is 4.31. The normalized spacial score (nSPS) is 11.1. The Bertz CT molecular complexity index is 1230. The van der Waals surface area contributed by atoms with Crippen molar-refractivity contribution in [1.82, 2.24) is 25.1 Å². The summed E-state index contributed by atoms with van der Waals surface area (Å²) in [7, 11) is 1.61. The summed E-state index contributed by atoms with van der Waals surface area (Å²) in [6.45, 7) is 2.35. The van der Waals surface area contributed by atoms with E-state index in [2.05, 4.69) is 25.5 Å². The van der Waals surface area contributed by atoms with E-state index in [0.29, 0.717) is 34.4 Å². The molecule has 0 saturated carbocycles. The van der Waals surface area contributed by atoms with Crippen LogP contribution in [0.2, 0.25) is 0 Å². The molecule has 2 N–H and O–H groups in total. The maximum Gasteiger partial charge on any atom is 0.216 e. The van der Waals surface area contributed by atoms with Crippen LogP contribution in [0.1, 0.15) is 16.8 Å². The molecule has 0 radical (unpaired) electrons. The van der Waals surface area contributed by atoms with Crippen molar-refractivity contribution in [3.8, 4) is 23.0 Å². The maximum atomic E-state index is 5.96. The maximum absolute atomic E-state index is 5.96. The third-order valence-electron chi connectivity index (χ3n) is 4.33. The molecule has 4 aromatic rings. The first-order valence-electron chi connectivity index (χ1n) is 9.23. The average Bonchev–Trinajstić information content (AvgIpc) is 3.36. The molecule has 30 heavy (non-hydrogen) atoms. The van der Waals surface area contributed by atoms with Crippen molar-refractivity contribution >= 4 is 18.4 Å². The molecule has 0 aliphatic rings. The molecule has 4 rings (SSSR count). The van der Waals surface area contributed by atoms with Gasteiger partial charge >= 0.3 is 0 Å². The zero-order chi connectivity index (χ0) is 20.9. The lowest BCUT2D eigenvalue weighted by molar-refractivity contribution is 0.284. The predicted octanol–water partition coefficient (Wildman–Crippen LogP) is 4.11. The van der Waals surface area contributed by atoms with Crippen LogP contribution < -0.4 is 9.47 Å². The van der Waals surface area contributed by atoms with Gasteiger partial charge in [-0.3, -0.25) is 5.10 Å². The van der Waals surface area contributed by atoms with Crippen LogP contribution in [0.15, 0.2) is 59.7 Å². The van der Waals surface area contributed by atoms with Crippen molar-refractivity contribution in [3.05, 3.63) is 76.2 Å². The highest BCUT2D eigenvalue weighted by molar-refractivity contribution is 7.71. The number of nitrogens with one attached hydrogen (secondary N) is 2. The van der Waals surface area contributed by atoms with E-state index in [1.165, 1.54) is 4.68 Å². The van der Waals surface area contributed by atoms with E-state index in [0.717, 1.165) is 16.8 Å². The number of aromatic amines is 2. The Morgan fingerprint density at radius 2 is 1.90 bits per heavy atom. The van der Waals surface area contributed by atoms with Gasteiger partial charge in [-0.1, -0.05) is 30.3 Å². The van der Waals surface area contributed by atoms with Crippen LogP contribution >= 0.6 is 12.2 Å². The minimum absolute atomic E-state index is 0.371. The second-order valence-corrected chi connectivity index (χ2v) is 6.92. The average molecular weight is 420 g/mol. The van der Waals surface area contributed by atoms with Crippen LogP contribution in [-0.2, 0) is 6.61 Å². The molecule has 0 amide bonds. The molecule has 0 unspecified atom stereocenters. The topological polar surface area (TPSA) is 93.1 Å². The molecule has 0 atom stereocenters. The molecule has 0 bridgehead atoms. The second-order valence-electron chi connectivity index (χ2n) is 6.53. The van der Waals surface area contributed by atoms with Crippen molar-refractivity contribution in [2.45, 2.75) is 13.5 Å². The molecule has 152 valence electrons. The number of rotatable bonds is 7. The summed E-state index contributed by atoms with van der Waals surface area (Å²) >= 11 is 5.30. The summed E-state index contributed by atoms with van der Waals surface area (Å²) in [5.74, 6) is 1.80. The number of nitrogens with zero attached hydrogens (tertiary/aromatic N) is 4. The van der Waals surface area contributed by atoms with Crippen LogP contribution in [0, 0.1) is 11.7 Å². The fourth-order valence-electron chi connectivity index (χ4n) is 2.84. The van der Waals surface area contributed by atoms with Gasteiger partial charge in [-0.2, -0.15) is 20.0 Å². The van der Waals surface area contributed by atoms with Gasteiger partial charge < -0.3 is 9.47 Å². The fraction of sp³-hybridized carbons (Fsp3) is 0.143. The van der Waals surface area contributed by atoms with E-state index < -0.39 is 0 Å². The molecule has 0 spiro atoms. The highest BCUT2D eigenvalue weighted by Gasteiger charge is 2.11. The van der Waals surface area contributed by atoms with Crippen LogP contribution in [0.5, 0.6) is 11.5 Å². The van der Waals surface area contributed by atoms with Crippen LogP contribution in [0.3, 0.4) is 0 Å². The molecule has 0 saturated heterocycles. The number of H-pyrrole nitrogens is 2. The molecule has 0 aliphatic carbocycles. The first-order chi connectivity index (χ1) is 14.6. The molecular weight excluding hydrogens is 400 g/mol. The van der Waals surface area contributed by atoms with Crippen molar-refractivity contribution in [1.29, 1.82) is 0 Å².